The van der Waals surface area contributed by atoms with Gasteiger partial charge in [0.15, 0.2) is 5.78 Å². The lowest BCUT2D eigenvalue weighted by molar-refractivity contribution is -0.117. The summed E-state index contributed by atoms with van der Waals surface area (Å²) in [6, 6.07) is 5.38. The van der Waals surface area contributed by atoms with Crippen LogP contribution < -0.4 is 5.32 Å². The molecule has 0 bridgehead atoms. The molecule has 0 atom stereocenters. The van der Waals surface area contributed by atoms with Gasteiger partial charge in [-0.15, -0.1) is 0 Å². The Bertz CT molecular complexity index is 416. The van der Waals surface area contributed by atoms with Gasteiger partial charge in [-0.25, -0.2) is 0 Å². The van der Waals surface area contributed by atoms with Crippen molar-refractivity contribution >= 4 is 29.0 Å². The maximum atomic E-state index is 11.7. The van der Waals surface area contributed by atoms with Crippen molar-refractivity contribution in [1.29, 1.82) is 0 Å². The number of carbonyl (C=O) groups is 1. The fraction of sp³-hybridized carbons (Fsp3) is 0.462. The molecular formula is C13H15Cl2NO. The molecule has 1 aliphatic carbocycles. The summed E-state index contributed by atoms with van der Waals surface area (Å²) >= 11 is 11.9. The Morgan fingerprint density at radius 1 is 1.35 bits per heavy atom. The van der Waals surface area contributed by atoms with Gasteiger partial charge in [-0.05, 0) is 36.9 Å². The van der Waals surface area contributed by atoms with Crippen LogP contribution in [0.25, 0.3) is 0 Å². The van der Waals surface area contributed by atoms with Crippen LogP contribution in [0.4, 0.5) is 0 Å². The maximum Gasteiger partial charge on any atom is 0.151 e. The molecule has 4 heteroatoms. The van der Waals surface area contributed by atoms with E-state index in [1.54, 1.807) is 6.07 Å². The fourth-order valence-corrected chi connectivity index (χ4v) is 2.08. The van der Waals surface area contributed by atoms with E-state index in [1.807, 2.05) is 12.1 Å². The molecular weight excluding hydrogens is 257 g/mol. The summed E-state index contributed by atoms with van der Waals surface area (Å²) in [5, 5.41) is 4.17. The van der Waals surface area contributed by atoms with E-state index < -0.39 is 0 Å². The first-order valence-electron chi connectivity index (χ1n) is 5.82. The minimum atomic E-state index is 0.148. The van der Waals surface area contributed by atoms with Crippen LogP contribution in [0.5, 0.6) is 0 Å². The number of halogens is 2. The van der Waals surface area contributed by atoms with Crippen LogP contribution >= 0.6 is 23.2 Å². The molecule has 0 radical (unpaired) electrons. The van der Waals surface area contributed by atoms with Gasteiger partial charge in [-0.3, -0.25) is 4.79 Å². The Labute approximate surface area is 111 Å². The molecule has 92 valence electrons. The van der Waals surface area contributed by atoms with E-state index >= 15 is 0 Å². The average molecular weight is 272 g/mol. The highest BCUT2D eigenvalue weighted by Crippen LogP contribution is 2.27. The summed E-state index contributed by atoms with van der Waals surface area (Å²) in [4.78, 5) is 11.7. The molecule has 1 N–H and O–H groups in total. The zero-order valence-corrected chi connectivity index (χ0v) is 11.0. The molecule has 0 aromatic heterocycles. The van der Waals surface area contributed by atoms with Gasteiger partial charge in [0.1, 0.15) is 0 Å². The lowest BCUT2D eigenvalue weighted by Gasteiger charge is -2.06. The molecule has 17 heavy (non-hydrogen) atoms. The summed E-state index contributed by atoms with van der Waals surface area (Å²) in [5.74, 6) is 0.937. The highest BCUT2D eigenvalue weighted by atomic mass is 35.5. The van der Waals surface area contributed by atoms with Gasteiger partial charge in [0.25, 0.3) is 0 Å². The molecule has 0 saturated heterocycles. The number of hydrogen-bond donors (Lipinski definition) is 1. The van der Waals surface area contributed by atoms with E-state index in [0.29, 0.717) is 23.0 Å². The summed E-state index contributed by atoms with van der Waals surface area (Å²) < 4.78 is 0. The van der Waals surface area contributed by atoms with E-state index in [4.69, 9.17) is 23.2 Å². The molecule has 0 heterocycles. The number of rotatable bonds is 6. The van der Waals surface area contributed by atoms with Gasteiger partial charge in [0, 0.05) is 6.42 Å². The Kier molecular flexibility index (Phi) is 4.43. The van der Waals surface area contributed by atoms with Crippen molar-refractivity contribution in [1.82, 2.24) is 5.32 Å². The standard InChI is InChI=1S/C13H15Cl2NO/c14-12-3-1-2-10(13(12)15)6-11(17)8-16-7-9-4-5-9/h1-3,9,16H,4-8H2. The van der Waals surface area contributed by atoms with Gasteiger partial charge in [-0.2, -0.15) is 0 Å². The van der Waals surface area contributed by atoms with Crippen molar-refractivity contribution in [3.8, 4) is 0 Å². The molecule has 0 unspecified atom stereocenters. The van der Waals surface area contributed by atoms with Gasteiger partial charge >= 0.3 is 0 Å². The number of Topliss-reactive ketones (excluding diaryl/α,β-unsaturated/α-hetero) is 1. The number of hydrogen-bond acceptors (Lipinski definition) is 2. The molecule has 1 aromatic carbocycles. The van der Waals surface area contributed by atoms with Crippen molar-refractivity contribution in [2.24, 2.45) is 5.92 Å². The van der Waals surface area contributed by atoms with Crippen molar-refractivity contribution in [2.75, 3.05) is 13.1 Å². The molecule has 1 fully saturated rings. The molecule has 0 aliphatic heterocycles. The van der Waals surface area contributed by atoms with Crippen molar-refractivity contribution < 1.29 is 4.79 Å². The summed E-state index contributed by atoms with van der Waals surface area (Å²) in [7, 11) is 0. The molecule has 1 aromatic rings. The molecule has 0 amide bonds. The Balaban J connectivity index is 1.82. The molecule has 2 rings (SSSR count). The zero-order chi connectivity index (χ0) is 12.3. The third-order valence-corrected chi connectivity index (χ3v) is 3.73. The average Bonchev–Trinajstić information content (AvgIpc) is 3.09. The third-order valence-electron chi connectivity index (χ3n) is 2.87. The third kappa shape index (κ3) is 3.98. The van der Waals surface area contributed by atoms with Crippen LogP contribution in [0, 0.1) is 5.92 Å². The normalized spacial score (nSPS) is 14.9. The molecule has 2 nitrogen and oxygen atoms in total. The van der Waals surface area contributed by atoms with Crippen LogP contribution in [0.15, 0.2) is 18.2 Å². The minimum absolute atomic E-state index is 0.148. The SMILES string of the molecule is O=C(CNCC1CC1)Cc1cccc(Cl)c1Cl. The van der Waals surface area contributed by atoms with Crippen LogP contribution in [-0.2, 0) is 11.2 Å². The van der Waals surface area contributed by atoms with E-state index in [-0.39, 0.29) is 5.78 Å². The smallest absolute Gasteiger partial charge is 0.151 e. The first-order chi connectivity index (χ1) is 8.16. The summed E-state index contributed by atoms with van der Waals surface area (Å²) in [6.07, 6.45) is 2.93. The Hall–Kier alpha value is -0.570. The number of benzene rings is 1. The zero-order valence-electron chi connectivity index (χ0n) is 9.51. The number of nitrogens with one attached hydrogen (secondary N) is 1. The fourth-order valence-electron chi connectivity index (χ4n) is 1.70. The van der Waals surface area contributed by atoms with Gasteiger partial charge in [0.2, 0.25) is 0 Å². The molecule has 1 saturated carbocycles. The monoisotopic (exact) mass is 271 g/mol. The van der Waals surface area contributed by atoms with Gasteiger partial charge < -0.3 is 5.32 Å². The van der Waals surface area contributed by atoms with Crippen LogP contribution in [0.2, 0.25) is 10.0 Å². The largest absolute Gasteiger partial charge is 0.310 e. The van der Waals surface area contributed by atoms with E-state index in [2.05, 4.69) is 5.32 Å². The number of carbonyl (C=O) groups excluding carboxylic acids is 1. The second-order valence-corrected chi connectivity index (χ2v) is 5.29. The molecule has 1 aliphatic rings. The first kappa shape index (κ1) is 12.9. The van der Waals surface area contributed by atoms with E-state index in [0.717, 1.165) is 18.0 Å². The topological polar surface area (TPSA) is 29.1 Å². The Morgan fingerprint density at radius 2 is 2.12 bits per heavy atom. The predicted molar refractivity (Wildman–Crippen MR) is 70.8 cm³/mol. The van der Waals surface area contributed by atoms with Crippen LogP contribution in [0.1, 0.15) is 18.4 Å². The van der Waals surface area contributed by atoms with Crippen molar-refractivity contribution in [3.05, 3.63) is 33.8 Å². The van der Waals surface area contributed by atoms with Crippen molar-refractivity contribution in [3.63, 3.8) is 0 Å². The van der Waals surface area contributed by atoms with Gasteiger partial charge in [0.05, 0.1) is 16.6 Å². The molecule has 0 spiro atoms. The van der Waals surface area contributed by atoms with Crippen LogP contribution in [-0.4, -0.2) is 18.9 Å². The first-order valence-corrected chi connectivity index (χ1v) is 6.57. The lowest BCUT2D eigenvalue weighted by Crippen LogP contribution is -2.26. The summed E-state index contributed by atoms with van der Waals surface area (Å²) in [6.45, 7) is 1.37. The van der Waals surface area contributed by atoms with E-state index in [1.165, 1.54) is 12.8 Å². The second-order valence-electron chi connectivity index (χ2n) is 4.50. The van der Waals surface area contributed by atoms with Crippen LogP contribution in [0.3, 0.4) is 0 Å². The minimum Gasteiger partial charge on any atom is -0.310 e. The van der Waals surface area contributed by atoms with E-state index in [9.17, 15) is 4.79 Å². The lowest BCUT2D eigenvalue weighted by atomic mass is 10.1. The van der Waals surface area contributed by atoms with Gasteiger partial charge in [-0.1, -0.05) is 35.3 Å². The van der Waals surface area contributed by atoms with Crippen molar-refractivity contribution in [2.45, 2.75) is 19.3 Å². The highest BCUT2D eigenvalue weighted by Gasteiger charge is 2.20. The highest BCUT2D eigenvalue weighted by molar-refractivity contribution is 6.42. The predicted octanol–water partition coefficient (Wildman–Crippen LogP) is 3.10. The maximum absolute atomic E-state index is 11.7. The Morgan fingerprint density at radius 3 is 2.82 bits per heavy atom. The second kappa shape index (κ2) is 5.85. The summed E-state index contributed by atoms with van der Waals surface area (Å²) in [5.41, 5.74) is 0.803. The number of ketones is 1. The quantitative estimate of drug-likeness (QED) is 0.862.